The number of rotatable bonds is 3. The molecule has 72 valence electrons. The molecule has 4 heteroatoms. The van der Waals surface area contributed by atoms with Gasteiger partial charge in [0.2, 0.25) is 0 Å². The Hall–Kier alpha value is -1.84. The number of nitrogens with zero attached hydrogens (tertiary/aromatic N) is 2. The lowest BCUT2D eigenvalue weighted by atomic mass is 10.3. The van der Waals surface area contributed by atoms with Gasteiger partial charge in [0.25, 0.3) is 0 Å². The highest BCUT2D eigenvalue weighted by Gasteiger charge is 2.05. The number of aromatic nitrogens is 2. The summed E-state index contributed by atoms with van der Waals surface area (Å²) in [6.45, 7) is 0. The van der Waals surface area contributed by atoms with E-state index in [0.29, 0.717) is 18.5 Å². The first-order valence-corrected chi connectivity index (χ1v) is 4.29. The van der Waals surface area contributed by atoms with Gasteiger partial charge in [0, 0.05) is 19.4 Å². The van der Waals surface area contributed by atoms with E-state index in [4.69, 9.17) is 4.42 Å². The molecule has 14 heavy (non-hydrogen) atoms. The van der Waals surface area contributed by atoms with Gasteiger partial charge in [-0.25, -0.2) is 4.98 Å². The van der Waals surface area contributed by atoms with Crippen LogP contribution in [0.1, 0.15) is 22.1 Å². The van der Waals surface area contributed by atoms with Crippen LogP contribution in [0.25, 0.3) is 0 Å². The van der Waals surface area contributed by atoms with Crippen LogP contribution in [0.3, 0.4) is 0 Å². The van der Waals surface area contributed by atoms with Crippen molar-refractivity contribution in [2.45, 2.75) is 6.42 Å². The van der Waals surface area contributed by atoms with Crippen LogP contribution in [-0.2, 0) is 13.5 Å². The van der Waals surface area contributed by atoms with Crippen LogP contribution >= 0.6 is 0 Å². The molecule has 0 spiro atoms. The minimum absolute atomic E-state index is 0.356. The van der Waals surface area contributed by atoms with Crippen molar-refractivity contribution in [1.29, 1.82) is 0 Å². The number of carbonyl (C=O) groups excluding carboxylic acids is 1. The standard InChI is InChI=1S/C10H10N2O2/c1-12-5-4-11-10(12)6-8-2-3-9(7-13)14-8/h2-5,7H,6H2,1H3. The molecule has 2 aromatic rings. The average Bonchev–Trinajstić information content (AvgIpc) is 2.77. The molecule has 0 saturated heterocycles. The van der Waals surface area contributed by atoms with E-state index in [0.717, 1.165) is 11.6 Å². The zero-order chi connectivity index (χ0) is 9.97. The highest BCUT2D eigenvalue weighted by atomic mass is 16.3. The summed E-state index contributed by atoms with van der Waals surface area (Å²) in [6, 6.07) is 3.45. The Balaban J connectivity index is 2.18. The fourth-order valence-corrected chi connectivity index (χ4v) is 1.28. The van der Waals surface area contributed by atoms with Gasteiger partial charge in [0.15, 0.2) is 12.0 Å². The van der Waals surface area contributed by atoms with Crippen LogP contribution in [0, 0.1) is 0 Å². The second-order valence-corrected chi connectivity index (χ2v) is 3.05. The van der Waals surface area contributed by atoms with Crippen molar-refractivity contribution in [3.8, 4) is 0 Å². The molecule has 4 nitrogen and oxygen atoms in total. The van der Waals surface area contributed by atoms with E-state index >= 15 is 0 Å². The average molecular weight is 190 g/mol. The third-order valence-electron chi connectivity index (χ3n) is 2.05. The third kappa shape index (κ3) is 1.59. The lowest BCUT2D eigenvalue weighted by Gasteiger charge is -1.97. The molecule has 0 bridgehead atoms. The van der Waals surface area contributed by atoms with Gasteiger partial charge >= 0.3 is 0 Å². The predicted octanol–water partition coefficient (Wildman–Crippen LogP) is 1.42. The molecule has 0 N–H and O–H groups in total. The summed E-state index contributed by atoms with van der Waals surface area (Å²) in [4.78, 5) is 14.5. The van der Waals surface area contributed by atoms with Crippen molar-refractivity contribution in [2.75, 3.05) is 0 Å². The summed E-state index contributed by atoms with van der Waals surface area (Å²) < 4.78 is 7.16. The number of imidazole rings is 1. The van der Waals surface area contributed by atoms with Crippen molar-refractivity contribution in [2.24, 2.45) is 7.05 Å². The van der Waals surface area contributed by atoms with Crippen LogP contribution in [0.15, 0.2) is 28.9 Å². The van der Waals surface area contributed by atoms with Gasteiger partial charge in [-0.05, 0) is 12.1 Å². The predicted molar refractivity (Wildman–Crippen MR) is 50.1 cm³/mol. The van der Waals surface area contributed by atoms with Crippen LogP contribution in [-0.4, -0.2) is 15.8 Å². The Morgan fingerprint density at radius 3 is 3.00 bits per heavy atom. The van der Waals surface area contributed by atoms with E-state index in [1.165, 1.54) is 0 Å². The van der Waals surface area contributed by atoms with Crippen molar-refractivity contribution in [3.63, 3.8) is 0 Å². The fraction of sp³-hybridized carbons (Fsp3) is 0.200. The molecular weight excluding hydrogens is 180 g/mol. The van der Waals surface area contributed by atoms with Crippen molar-refractivity contribution in [1.82, 2.24) is 9.55 Å². The zero-order valence-electron chi connectivity index (χ0n) is 7.80. The third-order valence-corrected chi connectivity index (χ3v) is 2.05. The first-order valence-electron chi connectivity index (χ1n) is 4.29. The van der Waals surface area contributed by atoms with Crippen molar-refractivity contribution >= 4 is 6.29 Å². The molecular formula is C10H10N2O2. The Morgan fingerprint density at radius 1 is 1.57 bits per heavy atom. The molecule has 0 amide bonds. The molecule has 0 fully saturated rings. The minimum atomic E-state index is 0.356. The van der Waals surface area contributed by atoms with E-state index < -0.39 is 0 Å². The molecule has 0 aromatic carbocycles. The summed E-state index contributed by atoms with van der Waals surface area (Å²) in [5.74, 6) is 2.02. The Kier molecular flexibility index (Phi) is 2.18. The number of hydrogen-bond donors (Lipinski definition) is 0. The largest absolute Gasteiger partial charge is 0.458 e. The van der Waals surface area contributed by atoms with Gasteiger partial charge in [0.05, 0.1) is 6.42 Å². The van der Waals surface area contributed by atoms with Gasteiger partial charge in [-0.2, -0.15) is 0 Å². The highest BCUT2D eigenvalue weighted by molar-refractivity contribution is 5.70. The second kappa shape index (κ2) is 3.49. The SMILES string of the molecule is Cn1ccnc1Cc1ccc(C=O)o1. The maximum atomic E-state index is 10.4. The normalized spacial score (nSPS) is 10.4. The quantitative estimate of drug-likeness (QED) is 0.687. The molecule has 2 aromatic heterocycles. The zero-order valence-corrected chi connectivity index (χ0v) is 7.80. The lowest BCUT2D eigenvalue weighted by molar-refractivity contribution is 0.109. The summed E-state index contributed by atoms with van der Waals surface area (Å²) >= 11 is 0. The molecule has 2 rings (SSSR count). The molecule has 0 aliphatic carbocycles. The van der Waals surface area contributed by atoms with E-state index in [2.05, 4.69) is 4.98 Å². The number of furan rings is 1. The molecule has 0 saturated carbocycles. The van der Waals surface area contributed by atoms with Crippen LogP contribution in [0.5, 0.6) is 0 Å². The monoisotopic (exact) mass is 190 g/mol. The minimum Gasteiger partial charge on any atom is -0.458 e. The molecule has 0 radical (unpaired) electrons. The van der Waals surface area contributed by atoms with Crippen molar-refractivity contribution in [3.05, 3.63) is 41.9 Å². The van der Waals surface area contributed by atoms with E-state index in [-0.39, 0.29) is 0 Å². The maximum Gasteiger partial charge on any atom is 0.185 e. The van der Waals surface area contributed by atoms with E-state index in [9.17, 15) is 4.79 Å². The number of aldehydes is 1. The highest BCUT2D eigenvalue weighted by Crippen LogP contribution is 2.10. The first kappa shape index (κ1) is 8.74. The number of carbonyl (C=O) groups is 1. The summed E-state index contributed by atoms with van der Waals surface area (Å²) in [6.07, 6.45) is 4.91. The maximum absolute atomic E-state index is 10.4. The van der Waals surface area contributed by atoms with Gasteiger partial charge in [-0.1, -0.05) is 0 Å². The Labute approximate surface area is 81.2 Å². The topological polar surface area (TPSA) is 48.0 Å². The number of aryl methyl sites for hydroxylation is 1. The Bertz CT molecular complexity index is 442. The molecule has 2 heterocycles. The van der Waals surface area contributed by atoms with Crippen LogP contribution in [0.4, 0.5) is 0 Å². The van der Waals surface area contributed by atoms with Gasteiger partial charge in [0.1, 0.15) is 11.6 Å². The Morgan fingerprint density at radius 2 is 2.43 bits per heavy atom. The van der Waals surface area contributed by atoms with E-state index in [1.807, 2.05) is 17.8 Å². The lowest BCUT2D eigenvalue weighted by Crippen LogP contribution is -1.97. The molecule has 0 atom stereocenters. The van der Waals surface area contributed by atoms with Gasteiger partial charge < -0.3 is 8.98 Å². The van der Waals surface area contributed by atoms with Gasteiger partial charge in [-0.3, -0.25) is 4.79 Å². The number of hydrogen-bond acceptors (Lipinski definition) is 3. The van der Waals surface area contributed by atoms with E-state index in [1.54, 1.807) is 18.3 Å². The molecule has 0 unspecified atom stereocenters. The first-order chi connectivity index (χ1) is 6.79. The van der Waals surface area contributed by atoms with Gasteiger partial charge in [-0.15, -0.1) is 0 Å². The summed E-state index contributed by atoms with van der Waals surface area (Å²) in [7, 11) is 1.92. The summed E-state index contributed by atoms with van der Waals surface area (Å²) in [5.41, 5.74) is 0. The van der Waals surface area contributed by atoms with Crippen LogP contribution < -0.4 is 0 Å². The summed E-state index contributed by atoms with van der Waals surface area (Å²) in [5, 5.41) is 0. The smallest absolute Gasteiger partial charge is 0.185 e. The molecule has 0 aliphatic rings. The van der Waals surface area contributed by atoms with Crippen molar-refractivity contribution < 1.29 is 9.21 Å². The fourth-order valence-electron chi connectivity index (χ4n) is 1.28. The second-order valence-electron chi connectivity index (χ2n) is 3.05. The molecule has 0 aliphatic heterocycles. The van der Waals surface area contributed by atoms with Crippen LogP contribution in [0.2, 0.25) is 0 Å².